The second-order valence-electron chi connectivity index (χ2n) is 5.66. The first kappa shape index (κ1) is 15.4. The van der Waals surface area contributed by atoms with Crippen molar-refractivity contribution in [3.05, 3.63) is 18.0 Å². The molecule has 0 spiro atoms. The van der Waals surface area contributed by atoms with Gasteiger partial charge in [-0.15, -0.1) is 0 Å². The van der Waals surface area contributed by atoms with E-state index in [0.29, 0.717) is 6.04 Å². The van der Waals surface area contributed by atoms with E-state index in [2.05, 4.69) is 42.3 Å². The molecule has 1 saturated heterocycles. The second kappa shape index (κ2) is 7.17. The molecule has 2 unspecified atom stereocenters. The minimum atomic E-state index is 0.0971. The summed E-state index contributed by atoms with van der Waals surface area (Å²) in [5.41, 5.74) is 3.96. The van der Waals surface area contributed by atoms with E-state index in [0.717, 1.165) is 38.4 Å². The van der Waals surface area contributed by atoms with Gasteiger partial charge < -0.3 is 4.74 Å². The predicted octanol–water partition coefficient (Wildman–Crippen LogP) is 0.559. The highest BCUT2D eigenvalue weighted by Crippen LogP contribution is 2.13. The summed E-state index contributed by atoms with van der Waals surface area (Å²) in [6, 6.07) is 2.54. The quantitative estimate of drug-likeness (QED) is 0.589. The number of hydrogen-bond donors (Lipinski definition) is 2. The molecule has 2 rings (SSSR count). The van der Waals surface area contributed by atoms with E-state index in [1.54, 1.807) is 0 Å². The van der Waals surface area contributed by atoms with Gasteiger partial charge in [0.2, 0.25) is 0 Å². The van der Waals surface area contributed by atoms with Crippen molar-refractivity contribution >= 4 is 0 Å². The van der Waals surface area contributed by atoms with Crippen molar-refractivity contribution in [2.24, 2.45) is 5.84 Å². The Hall–Kier alpha value is -0.950. The van der Waals surface area contributed by atoms with Gasteiger partial charge in [0, 0.05) is 31.7 Å². The Morgan fingerprint density at radius 2 is 2.35 bits per heavy atom. The summed E-state index contributed by atoms with van der Waals surface area (Å²) in [6.45, 7) is 10.2. The van der Waals surface area contributed by atoms with Gasteiger partial charge in [-0.05, 0) is 26.5 Å². The maximum absolute atomic E-state index is 5.87. The highest BCUT2D eigenvalue weighted by Gasteiger charge is 2.27. The zero-order chi connectivity index (χ0) is 14.5. The third-order valence-corrected chi connectivity index (χ3v) is 3.91. The lowest BCUT2D eigenvalue weighted by Crippen LogP contribution is -2.54. The second-order valence-corrected chi connectivity index (χ2v) is 5.66. The fourth-order valence-electron chi connectivity index (χ4n) is 2.56. The van der Waals surface area contributed by atoms with Crippen LogP contribution in [0.15, 0.2) is 12.3 Å². The molecular weight excluding hydrogens is 254 g/mol. The van der Waals surface area contributed by atoms with Gasteiger partial charge in [-0.3, -0.25) is 20.9 Å². The summed E-state index contributed by atoms with van der Waals surface area (Å²) >= 11 is 0. The number of hydrazine groups is 1. The van der Waals surface area contributed by atoms with E-state index < -0.39 is 0 Å². The molecule has 1 aromatic heterocycles. The van der Waals surface area contributed by atoms with Crippen LogP contribution in [0.25, 0.3) is 0 Å². The lowest BCUT2D eigenvalue weighted by atomic mass is 10.0. The first-order valence-corrected chi connectivity index (χ1v) is 7.48. The number of aromatic nitrogens is 2. The summed E-state index contributed by atoms with van der Waals surface area (Å²) in [5.74, 6) is 5.72. The Bertz CT molecular complexity index is 406. The predicted molar refractivity (Wildman–Crippen MR) is 79.3 cm³/mol. The molecule has 1 fully saturated rings. The van der Waals surface area contributed by atoms with Crippen molar-refractivity contribution in [1.82, 2.24) is 20.1 Å². The smallest absolute Gasteiger partial charge is 0.0872 e. The molecule has 2 heterocycles. The number of rotatable bonds is 6. The van der Waals surface area contributed by atoms with E-state index in [4.69, 9.17) is 10.6 Å². The van der Waals surface area contributed by atoms with Crippen LogP contribution < -0.4 is 11.3 Å². The molecule has 20 heavy (non-hydrogen) atoms. The molecular formula is C14H27N5O. The lowest BCUT2D eigenvalue weighted by Gasteiger charge is -2.36. The van der Waals surface area contributed by atoms with Crippen LogP contribution in [0.1, 0.15) is 32.5 Å². The van der Waals surface area contributed by atoms with Crippen LogP contribution >= 0.6 is 0 Å². The monoisotopic (exact) mass is 281 g/mol. The van der Waals surface area contributed by atoms with Crippen molar-refractivity contribution in [2.45, 2.75) is 45.4 Å². The SMILES string of the molecule is CCN1CCOC(C(Cc2ccn(C(C)C)n2)NN)C1. The van der Waals surface area contributed by atoms with Gasteiger partial charge in [0.05, 0.1) is 24.4 Å². The van der Waals surface area contributed by atoms with Crippen molar-refractivity contribution in [2.75, 3.05) is 26.2 Å². The zero-order valence-electron chi connectivity index (χ0n) is 12.7. The third kappa shape index (κ3) is 3.79. The Balaban J connectivity index is 1.97. The van der Waals surface area contributed by atoms with Gasteiger partial charge in [0.1, 0.15) is 0 Å². The summed E-state index contributed by atoms with van der Waals surface area (Å²) in [5, 5.41) is 4.58. The molecule has 0 aromatic carbocycles. The molecule has 2 atom stereocenters. The molecule has 3 N–H and O–H groups in total. The number of nitrogens with one attached hydrogen (secondary N) is 1. The molecule has 6 heteroatoms. The van der Waals surface area contributed by atoms with Gasteiger partial charge >= 0.3 is 0 Å². The number of ether oxygens (including phenoxy) is 1. The topological polar surface area (TPSA) is 68.3 Å². The Labute approximate surface area is 121 Å². The fourth-order valence-corrected chi connectivity index (χ4v) is 2.56. The van der Waals surface area contributed by atoms with Gasteiger partial charge in [-0.25, -0.2) is 0 Å². The van der Waals surface area contributed by atoms with E-state index in [1.165, 1.54) is 0 Å². The van der Waals surface area contributed by atoms with Gasteiger partial charge in [0.25, 0.3) is 0 Å². The van der Waals surface area contributed by atoms with Crippen LogP contribution in [0, 0.1) is 0 Å². The maximum atomic E-state index is 5.87. The molecule has 1 aromatic rings. The van der Waals surface area contributed by atoms with Crippen molar-refractivity contribution in [3.63, 3.8) is 0 Å². The standard InChI is InChI=1S/C14H27N5O/c1-4-18-7-8-20-14(10-18)13(16-15)9-12-5-6-19(17-12)11(2)3/h5-6,11,13-14,16H,4,7-10,15H2,1-3H3. The Kier molecular flexibility index (Phi) is 5.54. The molecule has 6 nitrogen and oxygen atoms in total. The zero-order valence-corrected chi connectivity index (χ0v) is 12.7. The van der Waals surface area contributed by atoms with Gasteiger partial charge in [-0.2, -0.15) is 5.10 Å². The van der Waals surface area contributed by atoms with Crippen molar-refractivity contribution in [1.29, 1.82) is 0 Å². The molecule has 1 aliphatic rings. The van der Waals surface area contributed by atoms with Crippen LogP contribution in [-0.2, 0) is 11.2 Å². The van der Waals surface area contributed by atoms with Crippen molar-refractivity contribution < 1.29 is 4.74 Å². The minimum Gasteiger partial charge on any atom is -0.374 e. The van der Waals surface area contributed by atoms with Crippen LogP contribution in [0.5, 0.6) is 0 Å². The Morgan fingerprint density at radius 3 is 2.95 bits per heavy atom. The summed E-state index contributed by atoms with van der Waals surface area (Å²) in [7, 11) is 0. The third-order valence-electron chi connectivity index (χ3n) is 3.91. The maximum Gasteiger partial charge on any atom is 0.0872 e. The van der Waals surface area contributed by atoms with Gasteiger partial charge in [0.15, 0.2) is 0 Å². The van der Waals surface area contributed by atoms with E-state index in [-0.39, 0.29) is 12.1 Å². The Morgan fingerprint density at radius 1 is 1.55 bits per heavy atom. The summed E-state index contributed by atoms with van der Waals surface area (Å²) in [4.78, 5) is 2.39. The molecule has 0 radical (unpaired) electrons. The molecule has 0 bridgehead atoms. The average Bonchev–Trinajstić information content (AvgIpc) is 2.93. The van der Waals surface area contributed by atoms with Crippen molar-refractivity contribution in [3.8, 4) is 0 Å². The average molecular weight is 281 g/mol. The summed E-state index contributed by atoms with van der Waals surface area (Å²) < 4.78 is 7.85. The number of likely N-dealkylation sites (N-methyl/N-ethyl adjacent to an activating group) is 1. The molecule has 0 amide bonds. The highest BCUT2D eigenvalue weighted by atomic mass is 16.5. The first-order chi connectivity index (χ1) is 9.63. The van der Waals surface area contributed by atoms with Crippen LogP contribution in [-0.4, -0.2) is 53.1 Å². The number of nitrogens with zero attached hydrogens (tertiary/aromatic N) is 3. The molecule has 1 aliphatic heterocycles. The highest BCUT2D eigenvalue weighted by molar-refractivity contribution is 5.03. The minimum absolute atomic E-state index is 0.0971. The first-order valence-electron chi connectivity index (χ1n) is 7.48. The van der Waals surface area contributed by atoms with Crippen LogP contribution in [0.2, 0.25) is 0 Å². The van der Waals surface area contributed by atoms with E-state index in [9.17, 15) is 0 Å². The lowest BCUT2D eigenvalue weighted by molar-refractivity contribution is -0.0449. The van der Waals surface area contributed by atoms with Gasteiger partial charge in [-0.1, -0.05) is 6.92 Å². The molecule has 0 aliphatic carbocycles. The van der Waals surface area contributed by atoms with Crippen LogP contribution in [0.4, 0.5) is 0 Å². The number of morpholine rings is 1. The molecule has 0 saturated carbocycles. The molecule has 114 valence electrons. The summed E-state index contributed by atoms with van der Waals surface area (Å²) in [6.07, 6.45) is 2.93. The van der Waals surface area contributed by atoms with Crippen LogP contribution in [0.3, 0.4) is 0 Å². The normalized spacial score (nSPS) is 22.4. The number of hydrogen-bond acceptors (Lipinski definition) is 5. The van der Waals surface area contributed by atoms with E-state index >= 15 is 0 Å². The number of nitrogens with two attached hydrogens (primary N) is 1. The largest absolute Gasteiger partial charge is 0.374 e. The van der Waals surface area contributed by atoms with E-state index in [1.807, 2.05) is 10.9 Å². The fraction of sp³-hybridized carbons (Fsp3) is 0.786.